The number of rotatable bonds is 7. The molecule has 3 aliphatic heterocycles. The number of anilines is 2. The van der Waals surface area contributed by atoms with Gasteiger partial charge in [-0.3, -0.25) is 9.69 Å². The summed E-state index contributed by atoms with van der Waals surface area (Å²) < 4.78 is 82.0. The number of thiazole rings is 1. The molecule has 4 N–H and O–H groups in total. The Hall–Kier alpha value is -3.89. The van der Waals surface area contributed by atoms with Crippen molar-refractivity contribution in [3.63, 3.8) is 0 Å². The number of nitrogen functional groups attached to an aromatic ring is 1. The van der Waals surface area contributed by atoms with Gasteiger partial charge < -0.3 is 26.0 Å². The highest BCUT2D eigenvalue weighted by Crippen LogP contribution is 2.46. The molecule has 1 amide bonds. The first-order valence-corrected chi connectivity index (χ1v) is 16.3. The Morgan fingerprint density at radius 2 is 1.87 bits per heavy atom. The molecule has 7 rings (SSSR count). The third kappa shape index (κ3) is 5.39. The number of hydrogen-bond acceptors (Lipinski definition) is 10. The lowest BCUT2D eigenvalue weighted by Gasteiger charge is -2.32. The molecule has 3 aliphatic rings. The molecule has 1 atom stereocenters. The van der Waals surface area contributed by atoms with Gasteiger partial charge in [0.2, 0.25) is 5.91 Å². The maximum Gasteiger partial charge on any atom is 0.417 e. The zero-order valence-electron chi connectivity index (χ0n) is 25.5. The second-order valence-corrected chi connectivity index (χ2v) is 13.5. The summed E-state index contributed by atoms with van der Waals surface area (Å²) in [5.74, 6) is -2.23. The number of aromatic nitrogens is 3. The van der Waals surface area contributed by atoms with E-state index in [1.807, 2.05) is 0 Å². The smallest absolute Gasteiger partial charge is 0.417 e. The highest BCUT2D eigenvalue weighted by molar-refractivity contribution is 7.22. The maximum atomic E-state index is 16.9. The van der Waals surface area contributed by atoms with Gasteiger partial charge in [0.25, 0.3) is 0 Å². The second kappa shape index (κ2) is 11.7. The van der Waals surface area contributed by atoms with Gasteiger partial charge >= 0.3 is 12.2 Å². The number of likely N-dealkylation sites (N-methyl/N-ethyl adjacent to an activating group) is 1. The molecular formula is C31H33F5N8O2S. The summed E-state index contributed by atoms with van der Waals surface area (Å²) in [6.07, 6.45) is -0.658. The van der Waals surface area contributed by atoms with E-state index in [-0.39, 0.29) is 80.8 Å². The average molecular weight is 677 g/mol. The Bertz CT molecular complexity index is 1870. The number of benzene rings is 2. The lowest BCUT2D eigenvalue weighted by molar-refractivity contribution is -0.137. The Morgan fingerprint density at radius 3 is 2.57 bits per heavy atom. The van der Waals surface area contributed by atoms with Crippen molar-refractivity contribution in [3.05, 3.63) is 35.4 Å². The van der Waals surface area contributed by atoms with Crippen LogP contribution < -0.4 is 21.1 Å². The SMILES string of the molecule is CN(c1nc(OCC23CCCN2CCC3)nc2c(F)c(-c3ccc(F)c4sc(N)nc34)c(C(F)(F)F)cc12)C1CCN(C(=O)CN)C1. The highest BCUT2D eigenvalue weighted by Gasteiger charge is 2.45. The summed E-state index contributed by atoms with van der Waals surface area (Å²) in [5.41, 5.74) is 8.19. The predicted octanol–water partition coefficient (Wildman–Crippen LogP) is 4.79. The van der Waals surface area contributed by atoms with Gasteiger partial charge in [-0.05, 0) is 63.4 Å². The standard InChI is InChI=1S/C31H33F5N8O2S/c1-42(16-6-11-43(14-16)21(45)13-37)27-18-12-19(31(34,35)36)22(17-4-5-20(32)26-25(17)39-28(38)47-26)23(33)24(18)40-29(41-27)46-15-30-7-2-9-44(30)10-3-8-30/h4-5,12,16H,2-3,6-11,13-15,37H2,1H3,(H2,38,39). The molecule has 4 aromatic rings. The molecule has 5 heterocycles. The fourth-order valence-corrected chi connectivity index (χ4v) is 8.22. The molecule has 0 saturated carbocycles. The van der Waals surface area contributed by atoms with E-state index in [1.165, 1.54) is 0 Å². The van der Waals surface area contributed by atoms with Gasteiger partial charge in [0.05, 0.1) is 27.9 Å². The molecule has 0 bridgehead atoms. The number of alkyl halides is 3. The lowest BCUT2D eigenvalue weighted by Crippen LogP contribution is -2.43. The third-order valence-corrected chi connectivity index (χ3v) is 10.7. The summed E-state index contributed by atoms with van der Waals surface area (Å²) >= 11 is 0.759. The van der Waals surface area contributed by atoms with Crippen molar-refractivity contribution in [2.45, 2.75) is 49.9 Å². The molecule has 3 fully saturated rings. The number of amides is 1. The topological polar surface area (TPSA) is 127 Å². The van der Waals surface area contributed by atoms with Gasteiger partial charge in [0, 0.05) is 42.7 Å². The van der Waals surface area contributed by atoms with Crippen LogP contribution in [0.1, 0.15) is 37.7 Å². The van der Waals surface area contributed by atoms with Crippen molar-refractivity contribution in [3.8, 4) is 17.1 Å². The van der Waals surface area contributed by atoms with Crippen LogP contribution in [0, 0.1) is 11.6 Å². The number of hydrogen-bond donors (Lipinski definition) is 2. The van der Waals surface area contributed by atoms with Crippen molar-refractivity contribution in [2.75, 3.05) is 57.0 Å². The molecule has 1 unspecified atom stereocenters. The van der Waals surface area contributed by atoms with Crippen LogP contribution in [0.3, 0.4) is 0 Å². The predicted molar refractivity (Wildman–Crippen MR) is 168 cm³/mol. The number of halogens is 5. The summed E-state index contributed by atoms with van der Waals surface area (Å²) in [5, 5.41) is -0.260. The molecule has 0 radical (unpaired) electrons. The number of nitrogens with zero attached hydrogens (tertiary/aromatic N) is 6. The zero-order valence-corrected chi connectivity index (χ0v) is 26.4. The fraction of sp³-hybridized carbons (Fsp3) is 0.484. The zero-order chi connectivity index (χ0) is 33.2. The van der Waals surface area contributed by atoms with E-state index in [0.29, 0.717) is 13.0 Å². The first-order valence-electron chi connectivity index (χ1n) is 15.4. The van der Waals surface area contributed by atoms with Crippen LogP contribution in [0.25, 0.3) is 32.2 Å². The lowest BCUT2D eigenvalue weighted by atomic mass is 9.95. The van der Waals surface area contributed by atoms with E-state index < -0.39 is 28.9 Å². The minimum Gasteiger partial charge on any atom is -0.461 e. The molecule has 0 spiro atoms. The Labute approximate surface area is 270 Å². The summed E-state index contributed by atoms with van der Waals surface area (Å²) in [7, 11) is 1.64. The molecular weight excluding hydrogens is 643 g/mol. The third-order valence-electron chi connectivity index (χ3n) is 9.83. The maximum absolute atomic E-state index is 16.9. The molecule has 16 heteroatoms. The Morgan fingerprint density at radius 1 is 1.13 bits per heavy atom. The van der Waals surface area contributed by atoms with E-state index in [4.69, 9.17) is 16.2 Å². The summed E-state index contributed by atoms with van der Waals surface area (Å²) in [6.45, 7) is 2.63. The van der Waals surface area contributed by atoms with Crippen molar-refractivity contribution in [1.82, 2.24) is 24.8 Å². The van der Waals surface area contributed by atoms with Crippen molar-refractivity contribution in [2.24, 2.45) is 5.73 Å². The summed E-state index contributed by atoms with van der Waals surface area (Å²) in [4.78, 5) is 30.9. The van der Waals surface area contributed by atoms with Gasteiger partial charge in [0.15, 0.2) is 10.9 Å². The average Bonchev–Trinajstić information content (AvgIpc) is 3.83. The van der Waals surface area contributed by atoms with Crippen molar-refractivity contribution >= 4 is 49.3 Å². The van der Waals surface area contributed by atoms with Gasteiger partial charge in [-0.15, -0.1) is 0 Å². The van der Waals surface area contributed by atoms with Gasteiger partial charge in [-0.25, -0.2) is 13.8 Å². The largest absolute Gasteiger partial charge is 0.461 e. The Balaban J connectivity index is 1.41. The monoisotopic (exact) mass is 676 g/mol. The summed E-state index contributed by atoms with van der Waals surface area (Å²) in [6, 6.07) is 2.34. The van der Waals surface area contributed by atoms with Gasteiger partial charge in [-0.1, -0.05) is 11.3 Å². The van der Waals surface area contributed by atoms with Crippen LogP contribution in [0.5, 0.6) is 6.01 Å². The number of nitrogens with two attached hydrogens (primary N) is 2. The quantitative estimate of drug-likeness (QED) is 0.266. The Kier molecular flexibility index (Phi) is 7.87. The van der Waals surface area contributed by atoms with E-state index >= 15 is 4.39 Å². The number of carbonyl (C=O) groups is 1. The van der Waals surface area contributed by atoms with E-state index in [9.17, 15) is 22.4 Å². The van der Waals surface area contributed by atoms with Gasteiger partial charge in [-0.2, -0.15) is 23.1 Å². The molecule has 47 heavy (non-hydrogen) atoms. The van der Waals surface area contributed by atoms with Crippen molar-refractivity contribution in [1.29, 1.82) is 0 Å². The molecule has 0 aliphatic carbocycles. The van der Waals surface area contributed by atoms with Crippen LogP contribution in [-0.2, 0) is 11.0 Å². The second-order valence-electron chi connectivity index (χ2n) is 12.5. The normalized spacial score (nSPS) is 19.6. The van der Waals surface area contributed by atoms with Crippen LogP contribution in [0.2, 0.25) is 0 Å². The van der Waals surface area contributed by atoms with E-state index in [2.05, 4.69) is 19.9 Å². The van der Waals surface area contributed by atoms with Crippen LogP contribution in [0.4, 0.5) is 32.9 Å². The number of fused-ring (bicyclic) bond motifs is 3. The van der Waals surface area contributed by atoms with Crippen LogP contribution in [-0.4, -0.2) is 88.6 Å². The highest BCUT2D eigenvalue weighted by atomic mass is 32.1. The number of likely N-dealkylation sites (tertiary alicyclic amines) is 1. The fourth-order valence-electron chi connectivity index (χ4n) is 7.45. The van der Waals surface area contributed by atoms with Crippen molar-refractivity contribution < 1.29 is 31.5 Å². The molecule has 2 aromatic carbocycles. The first kappa shape index (κ1) is 31.7. The number of ether oxygens (including phenoxy) is 1. The number of carbonyl (C=O) groups excluding carboxylic acids is 1. The molecule has 2 aromatic heterocycles. The molecule has 250 valence electrons. The first-order chi connectivity index (χ1) is 22.4. The van der Waals surface area contributed by atoms with Crippen LogP contribution >= 0.6 is 11.3 Å². The van der Waals surface area contributed by atoms with Gasteiger partial charge in [0.1, 0.15) is 23.8 Å². The van der Waals surface area contributed by atoms with E-state index in [0.717, 1.165) is 68.3 Å². The molecule has 10 nitrogen and oxygen atoms in total. The minimum absolute atomic E-state index is 0.0300. The minimum atomic E-state index is -5.02. The van der Waals surface area contributed by atoms with Crippen LogP contribution in [0.15, 0.2) is 18.2 Å². The molecule has 3 saturated heterocycles. The van der Waals surface area contributed by atoms with E-state index in [1.54, 1.807) is 16.8 Å².